The average molecular weight is 394 g/mol. The van der Waals surface area contributed by atoms with E-state index in [1.54, 1.807) is 16.0 Å². The van der Waals surface area contributed by atoms with Gasteiger partial charge >= 0.3 is 0 Å². The highest BCUT2D eigenvalue weighted by molar-refractivity contribution is 7.14. The summed E-state index contributed by atoms with van der Waals surface area (Å²) in [5.74, 6) is 0.288. The Kier molecular flexibility index (Phi) is 6.12. The van der Waals surface area contributed by atoms with Crippen molar-refractivity contribution >= 4 is 23.1 Å². The van der Waals surface area contributed by atoms with Crippen LogP contribution in [0.2, 0.25) is 0 Å². The monoisotopic (exact) mass is 393 g/mol. The zero-order valence-electron chi connectivity index (χ0n) is 16.0. The molecule has 0 aliphatic rings. The number of nitrogens with one attached hydrogen (secondary N) is 1. The van der Waals surface area contributed by atoms with Gasteiger partial charge in [-0.15, -0.1) is 11.3 Å². The van der Waals surface area contributed by atoms with Crippen molar-refractivity contribution in [2.45, 2.75) is 33.1 Å². The number of carbonyl (C=O) groups excluding carboxylic acids is 1. The number of hydrogen-bond acceptors (Lipinski definition) is 5. The second kappa shape index (κ2) is 8.72. The average Bonchev–Trinajstić information content (AvgIpc) is 3.25. The van der Waals surface area contributed by atoms with E-state index in [4.69, 9.17) is 5.73 Å². The molecule has 7 heteroatoms. The van der Waals surface area contributed by atoms with Gasteiger partial charge in [-0.25, -0.2) is 4.68 Å². The number of nitrogens with zero attached hydrogens (tertiary/aromatic N) is 3. The quantitative estimate of drug-likeness (QED) is 0.599. The zero-order chi connectivity index (χ0) is 20.1. The van der Waals surface area contributed by atoms with Crippen LogP contribution >= 0.6 is 11.3 Å². The van der Waals surface area contributed by atoms with Gasteiger partial charge in [0.2, 0.25) is 0 Å². The van der Waals surface area contributed by atoms with E-state index in [-0.39, 0.29) is 5.91 Å². The minimum atomic E-state index is -0.0531. The topological polar surface area (TPSA) is 96.7 Å². The fourth-order valence-electron chi connectivity index (χ4n) is 3.07. The van der Waals surface area contributed by atoms with Gasteiger partial charge in [-0.3, -0.25) is 4.79 Å². The molecule has 0 aliphatic carbocycles. The predicted molar refractivity (Wildman–Crippen MR) is 112 cm³/mol. The molecule has 6 nitrogen and oxygen atoms in total. The van der Waals surface area contributed by atoms with Crippen LogP contribution in [-0.2, 0) is 12.8 Å². The van der Waals surface area contributed by atoms with Crippen LogP contribution in [0.15, 0.2) is 36.4 Å². The maximum atomic E-state index is 12.3. The normalized spacial score (nSPS) is 10.6. The molecule has 3 rings (SSSR count). The highest BCUT2D eigenvalue weighted by atomic mass is 32.1. The molecule has 3 aromatic rings. The lowest BCUT2D eigenvalue weighted by Crippen LogP contribution is -2.24. The van der Waals surface area contributed by atoms with Crippen molar-refractivity contribution < 1.29 is 4.79 Å². The Morgan fingerprint density at radius 2 is 2.11 bits per heavy atom. The summed E-state index contributed by atoms with van der Waals surface area (Å²) < 4.78 is 1.59. The Labute approximate surface area is 168 Å². The van der Waals surface area contributed by atoms with E-state index >= 15 is 0 Å². The number of thiophene rings is 1. The van der Waals surface area contributed by atoms with E-state index < -0.39 is 0 Å². The molecule has 2 aromatic heterocycles. The van der Waals surface area contributed by atoms with Crippen LogP contribution in [0, 0.1) is 18.3 Å². The Morgan fingerprint density at radius 3 is 2.75 bits per heavy atom. The van der Waals surface area contributed by atoms with Gasteiger partial charge in [-0.2, -0.15) is 10.4 Å². The van der Waals surface area contributed by atoms with E-state index in [0.717, 1.165) is 17.0 Å². The Balaban J connectivity index is 1.62. The van der Waals surface area contributed by atoms with Gasteiger partial charge in [0.1, 0.15) is 17.5 Å². The third-order valence-corrected chi connectivity index (χ3v) is 5.93. The van der Waals surface area contributed by atoms with Crippen molar-refractivity contribution in [1.29, 1.82) is 5.26 Å². The molecule has 0 saturated heterocycles. The van der Waals surface area contributed by atoms with Gasteiger partial charge in [0.05, 0.1) is 16.3 Å². The van der Waals surface area contributed by atoms with Gasteiger partial charge in [0.15, 0.2) is 0 Å². The van der Waals surface area contributed by atoms with Crippen molar-refractivity contribution in [3.05, 3.63) is 63.0 Å². The number of anilines is 1. The first-order valence-corrected chi connectivity index (χ1v) is 10.1. The van der Waals surface area contributed by atoms with Gasteiger partial charge in [0, 0.05) is 11.4 Å². The van der Waals surface area contributed by atoms with Crippen molar-refractivity contribution in [3.63, 3.8) is 0 Å². The minimum Gasteiger partial charge on any atom is -0.382 e. The van der Waals surface area contributed by atoms with E-state index in [9.17, 15) is 10.1 Å². The molecule has 0 bridgehead atoms. The molecule has 1 aromatic carbocycles. The summed E-state index contributed by atoms with van der Waals surface area (Å²) in [6.45, 7) is 4.64. The van der Waals surface area contributed by atoms with Gasteiger partial charge in [-0.05, 0) is 49.9 Å². The predicted octanol–water partition coefficient (Wildman–Crippen LogP) is 3.62. The third-order valence-electron chi connectivity index (χ3n) is 4.55. The number of aromatic nitrogens is 2. The Morgan fingerprint density at radius 1 is 1.36 bits per heavy atom. The number of benzene rings is 1. The lowest BCUT2D eigenvalue weighted by molar-refractivity contribution is 0.0957. The molecule has 0 saturated carbocycles. The van der Waals surface area contributed by atoms with E-state index in [1.807, 2.05) is 43.3 Å². The first-order chi connectivity index (χ1) is 13.5. The number of nitrogens with two attached hydrogens (primary N) is 1. The van der Waals surface area contributed by atoms with Crippen molar-refractivity contribution in [2.75, 3.05) is 12.3 Å². The van der Waals surface area contributed by atoms with Crippen LogP contribution in [0.5, 0.6) is 0 Å². The lowest BCUT2D eigenvalue weighted by Gasteiger charge is -2.03. The molecule has 2 heterocycles. The van der Waals surface area contributed by atoms with E-state index in [2.05, 4.69) is 23.4 Å². The SMILES string of the molecule is CCc1sc(C(=O)NCCCc2nn(-c3ccccc3)c(N)c2C#N)cc1C. The van der Waals surface area contributed by atoms with Gasteiger partial charge < -0.3 is 11.1 Å². The highest BCUT2D eigenvalue weighted by Crippen LogP contribution is 2.23. The van der Waals surface area contributed by atoms with Crippen LogP contribution < -0.4 is 11.1 Å². The lowest BCUT2D eigenvalue weighted by atomic mass is 10.1. The second-order valence-corrected chi connectivity index (χ2v) is 7.63. The van der Waals surface area contributed by atoms with Crippen molar-refractivity contribution in [2.24, 2.45) is 0 Å². The molecule has 28 heavy (non-hydrogen) atoms. The van der Waals surface area contributed by atoms with Crippen LogP contribution in [-0.4, -0.2) is 22.2 Å². The summed E-state index contributed by atoms with van der Waals surface area (Å²) in [4.78, 5) is 14.3. The number of hydrogen-bond donors (Lipinski definition) is 2. The second-order valence-electron chi connectivity index (χ2n) is 6.50. The number of amides is 1. The van der Waals surface area contributed by atoms with Crippen LogP contribution in [0.25, 0.3) is 5.69 Å². The smallest absolute Gasteiger partial charge is 0.261 e. The molecule has 0 spiro atoms. The summed E-state index contributed by atoms with van der Waals surface area (Å²) in [6, 6.07) is 13.6. The number of rotatable bonds is 7. The Hall–Kier alpha value is -3.11. The number of aryl methyl sites for hydroxylation is 3. The molecule has 0 atom stereocenters. The zero-order valence-corrected chi connectivity index (χ0v) is 16.8. The summed E-state index contributed by atoms with van der Waals surface area (Å²) in [5.41, 5.74) is 9.15. The fourth-order valence-corrected chi connectivity index (χ4v) is 4.10. The standard InChI is InChI=1S/C21H23N5OS/c1-3-18-14(2)12-19(28-18)21(27)24-11-7-10-17-16(13-22)20(23)26(25-17)15-8-5-4-6-9-15/h4-6,8-9,12H,3,7,10-11,23H2,1-2H3,(H,24,27). The van der Waals surface area contributed by atoms with Crippen molar-refractivity contribution in [3.8, 4) is 11.8 Å². The maximum Gasteiger partial charge on any atom is 0.261 e. The molecular formula is C21H23N5OS. The number of nitriles is 1. The maximum absolute atomic E-state index is 12.3. The summed E-state index contributed by atoms with van der Waals surface area (Å²) in [6.07, 6.45) is 2.18. The summed E-state index contributed by atoms with van der Waals surface area (Å²) >= 11 is 1.54. The number of para-hydroxylation sites is 1. The van der Waals surface area contributed by atoms with E-state index in [0.29, 0.717) is 36.5 Å². The molecule has 3 N–H and O–H groups in total. The molecule has 0 aliphatic heterocycles. The fraction of sp³-hybridized carbons (Fsp3) is 0.286. The molecule has 0 radical (unpaired) electrons. The molecular weight excluding hydrogens is 370 g/mol. The van der Waals surface area contributed by atoms with Crippen LogP contribution in [0.4, 0.5) is 5.82 Å². The highest BCUT2D eigenvalue weighted by Gasteiger charge is 2.16. The minimum absolute atomic E-state index is 0.0531. The van der Waals surface area contributed by atoms with Gasteiger partial charge in [0.25, 0.3) is 5.91 Å². The third kappa shape index (κ3) is 4.07. The first kappa shape index (κ1) is 19.6. The molecule has 144 valence electrons. The molecule has 0 unspecified atom stereocenters. The molecule has 0 fully saturated rings. The summed E-state index contributed by atoms with van der Waals surface area (Å²) in [7, 11) is 0. The van der Waals surface area contributed by atoms with Gasteiger partial charge in [-0.1, -0.05) is 25.1 Å². The summed E-state index contributed by atoms with van der Waals surface area (Å²) in [5, 5.41) is 16.9. The number of nitrogen functional groups attached to an aromatic ring is 1. The van der Waals surface area contributed by atoms with Crippen molar-refractivity contribution in [1.82, 2.24) is 15.1 Å². The number of carbonyl (C=O) groups is 1. The Bertz CT molecular complexity index is 1010. The van der Waals surface area contributed by atoms with E-state index in [1.165, 1.54) is 10.4 Å². The van der Waals surface area contributed by atoms with Crippen LogP contribution in [0.3, 0.4) is 0 Å². The first-order valence-electron chi connectivity index (χ1n) is 9.25. The van der Waals surface area contributed by atoms with Crippen LogP contribution in [0.1, 0.15) is 44.7 Å². The largest absolute Gasteiger partial charge is 0.382 e. The molecule has 1 amide bonds.